The maximum absolute atomic E-state index is 9.58. The molecule has 2 nitrogen and oxygen atoms in total. The van der Waals surface area contributed by atoms with Crippen molar-refractivity contribution in [3.05, 3.63) is 0 Å². The third-order valence-corrected chi connectivity index (χ3v) is 6.13. The van der Waals surface area contributed by atoms with Gasteiger partial charge in [0, 0.05) is 12.1 Å². The van der Waals surface area contributed by atoms with Crippen molar-refractivity contribution in [2.75, 3.05) is 7.05 Å². The van der Waals surface area contributed by atoms with Crippen LogP contribution in [-0.2, 0) is 0 Å². The van der Waals surface area contributed by atoms with Crippen LogP contribution in [0.3, 0.4) is 0 Å². The van der Waals surface area contributed by atoms with Crippen LogP contribution in [0.25, 0.3) is 0 Å². The fraction of sp³-hybridized carbons (Fsp3) is 0.947. The Balaban J connectivity index is 2.07. The Morgan fingerprint density at radius 1 is 0.952 bits per heavy atom. The highest BCUT2D eigenvalue weighted by molar-refractivity contribution is 5.00. The molecule has 0 heterocycles. The van der Waals surface area contributed by atoms with E-state index < -0.39 is 0 Å². The van der Waals surface area contributed by atoms with Crippen LogP contribution >= 0.6 is 0 Å². The number of nitriles is 1. The van der Waals surface area contributed by atoms with Crippen molar-refractivity contribution < 1.29 is 0 Å². The molecule has 0 aromatic rings. The van der Waals surface area contributed by atoms with Gasteiger partial charge in [-0.15, -0.1) is 0 Å². The Hall–Kier alpha value is -0.550. The van der Waals surface area contributed by atoms with Gasteiger partial charge in [0.1, 0.15) is 0 Å². The topological polar surface area (TPSA) is 27.0 Å². The van der Waals surface area contributed by atoms with Gasteiger partial charge in [-0.05, 0) is 50.5 Å². The van der Waals surface area contributed by atoms with Gasteiger partial charge in [0.05, 0.1) is 12.0 Å². The third-order valence-electron chi connectivity index (χ3n) is 6.13. The number of hydrogen-bond donors (Lipinski definition) is 0. The van der Waals surface area contributed by atoms with Crippen molar-refractivity contribution in [2.45, 2.75) is 90.6 Å². The van der Waals surface area contributed by atoms with Gasteiger partial charge >= 0.3 is 0 Å². The smallest absolute Gasteiger partial charge is 0.0672 e. The predicted octanol–water partition coefficient (Wildman–Crippen LogP) is 5.00. The van der Waals surface area contributed by atoms with Crippen molar-refractivity contribution in [1.29, 1.82) is 5.26 Å². The van der Waals surface area contributed by atoms with E-state index in [4.69, 9.17) is 0 Å². The summed E-state index contributed by atoms with van der Waals surface area (Å²) in [6, 6.07) is 3.82. The minimum atomic E-state index is 0.247. The van der Waals surface area contributed by atoms with Crippen molar-refractivity contribution >= 4 is 0 Å². The van der Waals surface area contributed by atoms with Gasteiger partial charge in [0.25, 0.3) is 0 Å². The molecule has 0 N–H and O–H groups in total. The quantitative estimate of drug-likeness (QED) is 0.669. The summed E-state index contributed by atoms with van der Waals surface area (Å²) in [4.78, 5) is 2.61. The number of rotatable bonds is 2. The number of nitrogens with zero attached hydrogens (tertiary/aromatic N) is 2. The molecule has 0 saturated heterocycles. The van der Waals surface area contributed by atoms with E-state index in [0.717, 1.165) is 12.3 Å². The number of hydrogen-bond acceptors (Lipinski definition) is 2. The molecule has 2 fully saturated rings. The van der Waals surface area contributed by atoms with Crippen LogP contribution < -0.4 is 0 Å². The zero-order chi connectivity index (χ0) is 15.5. The molecule has 0 radical (unpaired) electrons. The lowest BCUT2D eigenvalue weighted by Crippen LogP contribution is -2.48. The summed E-state index contributed by atoms with van der Waals surface area (Å²) in [5, 5.41) is 9.58. The molecule has 0 amide bonds. The normalized spacial score (nSPS) is 32.7. The van der Waals surface area contributed by atoms with Crippen LogP contribution in [-0.4, -0.2) is 24.0 Å². The highest BCUT2D eigenvalue weighted by atomic mass is 15.2. The second-order valence-corrected chi connectivity index (χ2v) is 8.49. The Morgan fingerprint density at radius 3 is 2.10 bits per heavy atom. The van der Waals surface area contributed by atoms with Gasteiger partial charge in [-0.1, -0.05) is 46.5 Å². The van der Waals surface area contributed by atoms with Crippen molar-refractivity contribution in [1.82, 2.24) is 4.90 Å². The fourth-order valence-electron chi connectivity index (χ4n) is 4.47. The Kier molecular flexibility index (Phi) is 5.72. The van der Waals surface area contributed by atoms with Crippen LogP contribution in [0.15, 0.2) is 0 Å². The minimum absolute atomic E-state index is 0.247. The first-order chi connectivity index (χ1) is 9.93. The molecule has 0 aromatic carbocycles. The van der Waals surface area contributed by atoms with E-state index in [1.165, 1.54) is 51.4 Å². The minimum Gasteiger partial charge on any atom is -0.299 e. The second-order valence-electron chi connectivity index (χ2n) is 8.49. The fourth-order valence-corrected chi connectivity index (χ4v) is 4.47. The van der Waals surface area contributed by atoms with Gasteiger partial charge in [0.15, 0.2) is 0 Å². The van der Waals surface area contributed by atoms with E-state index in [9.17, 15) is 5.26 Å². The summed E-state index contributed by atoms with van der Waals surface area (Å²) in [7, 11) is 2.30. The van der Waals surface area contributed by atoms with E-state index in [1.807, 2.05) is 0 Å². The molecule has 0 aromatic heterocycles. The maximum Gasteiger partial charge on any atom is 0.0672 e. The molecule has 21 heavy (non-hydrogen) atoms. The Labute approximate surface area is 131 Å². The van der Waals surface area contributed by atoms with Crippen LogP contribution in [0.2, 0.25) is 0 Å². The summed E-state index contributed by atoms with van der Waals surface area (Å²) in [6.45, 7) is 7.10. The lowest BCUT2D eigenvalue weighted by molar-refractivity contribution is 0.0471. The predicted molar refractivity (Wildman–Crippen MR) is 88.9 cm³/mol. The summed E-state index contributed by atoms with van der Waals surface area (Å²) in [5.74, 6) is 1.01. The van der Waals surface area contributed by atoms with E-state index in [2.05, 4.69) is 38.8 Å². The van der Waals surface area contributed by atoms with Crippen molar-refractivity contribution in [3.8, 4) is 6.07 Å². The molecule has 2 saturated carbocycles. The molecule has 120 valence electrons. The highest BCUT2D eigenvalue weighted by Crippen LogP contribution is 2.42. The third kappa shape index (κ3) is 4.22. The molecule has 2 aliphatic carbocycles. The van der Waals surface area contributed by atoms with Gasteiger partial charge in [-0.3, -0.25) is 4.90 Å². The standard InChI is InChI=1S/C19H34N2/c1-19(2,3)16-12-11-15(14-20)18(13-16)21(4)17-9-7-5-6-8-10-17/h15-18H,5-13H2,1-4H3. The molecule has 3 unspecified atom stereocenters. The summed E-state index contributed by atoms with van der Waals surface area (Å²) >= 11 is 0. The molecule has 0 spiro atoms. The van der Waals surface area contributed by atoms with Gasteiger partial charge < -0.3 is 0 Å². The van der Waals surface area contributed by atoms with Crippen LogP contribution in [0.4, 0.5) is 0 Å². The largest absolute Gasteiger partial charge is 0.299 e. The summed E-state index contributed by atoms with van der Waals surface area (Å²) < 4.78 is 0. The zero-order valence-corrected chi connectivity index (χ0v) is 14.6. The monoisotopic (exact) mass is 290 g/mol. The van der Waals surface area contributed by atoms with E-state index in [0.29, 0.717) is 17.5 Å². The molecule has 2 aliphatic rings. The van der Waals surface area contributed by atoms with Crippen LogP contribution in [0.1, 0.15) is 78.6 Å². The van der Waals surface area contributed by atoms with Gasteiger partial charge in [-0.25, -0.2) is 0 Å². The Morgan fingerprint density at radius 2 is 1.57 bits per heavy atom. The Bertz CT molecular complexity index is 355. The van der Waals surface area contributed by atoms with Gasteiger partial charge in [-0.2, -0.15) is 5.26 Å². The molecule has 3 atom stereocenters. The molecule has 2 heteroatoms. The van der Waals surface area contributed by atoms with Gasteiger partial charge in [0.2, 0.25) is 0 Å². The highest BCUT2D eigenvalue weighted by Gasteiger charge is 2.39. The van der Waals surface area contributed by atoms with E-state index in [-0.39, 0.29) is 5.92 Å². The SMILES string of the molecule is CN(C1CCCCCC1)C1CC(C(C)(C)C)CCC1C#N. The second kappa shape index (κ2) is 7.14. The van der Waals surface area contributed by atoms with Crippen molar-refractivity contribution in [2.24, 2.45) is 17.3 Å². The first-order valence-corrected chi connectivity index (χ1v) is 9.05. The molecule has 2 rings (SSSR count). The maximum atomic E-state index is 9.58. The van der Waals surface area contributed by atoms with Crippen LogP contribution in [0.5, 0.6) is 0 Å². The van der Waals surface area contributed by atoms with E-state index in [1.54, 1.807) is 0 Å². The lowest BCUT2D eigenvalue weighted by atomic mass is 9.67. The summed E-state index contributed by atoms with van der Waals surface area (Å²) in [5.41, 5.74) is 0.378. The molecule has 0 aliphatic heterocycles. The molecule has 0 bridgehead atoms. The van der Waals surface area contributed by atoms with Crippen LogP contribution in [0, 0.1) is 28.6 Å². The average molecular weight is 290 g/mol. The lowest BCUT2D eigenvalue weighted by Gasteiger charge is -2.45. The average Bonchev–Trinajstić information content (AvgIpc) is 2.74. The summed E-state index contributed by atoms with van der Waals surface area (Å²) in [6.07, 6.45) is 11.8. The van der Waals surface area contributed by atoms with Crippen molar-refractivity contribution in [3.63, 3.8) is 0 Å². The zero-order valence-electron chi connectivity index (χ0n) is 14.6. The first kappa shape index (κ1) is 16.8. The molecular formula is C19H34N2. The molecular weight excluding hydrogens is 256 g/mol. The van der Waals surface area contributed by atoms with E-state index >= 15 is 0 Å². The first-order valence-electron chi connectivity index (χ1n) is 9.05.